The molecular formula is C14H20F2N2O3. The SMILES string of the molecule is CC(CCO)CNC(=O)NCc1ccccc1OC(F)F. The molecule has 118 valence electrons. The number of benzene rings is 1. The Morgan fingerprint density at radius 3 is 2.71 bits per heavy atom. The molecule has 7 heteroatoms. The number of aliphatic hydroxyl groups is 1. The molecule has 0 aliphatic carbocycles. The second-order valence-electron chi connectivity index (χ2n) is 4.67. The van der Waals surface area contributed by atoms with Gasteiger partial charge in [-0.15, -0.1) is 0 Å². The van der Waals surface area contributed by atoms with Gasteiger partial charge in [-0.1, -0.05) is 25.1 Å². The van der Waals surface area contributed by atoms with E-state index < -0.39 is 12.6 Å². The van der Waals surface area contributed by atoms with Crippen LogP contribution in [0, 0.1) is 5.92 Å². The Balaban J connectivity index is 2.42. The highest BCUT2D eigenvalue weighted by molar-refractivity contribution is 5.73. The second kappa shape index (κ2) is 9.12. The number of amides is 2. The molecule has 21 heavy (non-hydrogen) atoms. The summed E-state index contributed by atoms with van der Waals surface area (Å²) in [6.07, 6.45) is 0.603. The third kappa shape index (κ3) is 6.89. The van der Waals surface area contributed by atoms with E-state index in [0.29, 0.717) is 18.5 Å². The van der Waals surface area contributed by atoms with Crippen molar-refractivity contribution < 1.29 is 23.4 Å². The topological polar surface area (TPSA) is 70.6 Å². The molecule has 0 radical (unpaired) electrons. The monoisotopic (exact) mass is 302 g/mol. The number of nitrogens with one attached hydrogen (secondary N) is 2. The largest absolute Gasteiger partial charge is 0.434 e. The van der Waals surface area contributed by atoms with E-state index in [0.717, 1.165) is 0 Å². The fourth-order valence-electron chi connectivity index (χ4n) is 1.69. The van der Waals surface area contributed by atoms with E-state index in [1.54, 1.807) is 18.2 Å². The molecule has 0 aliphatic rings. The van der Waals surface area contributed by atoms with E-state index in [9.17, 15) is 13.6 Å². The van der Waals surface area contributed by atoms with Crippen LogP contribution in [0.1, 0.15) is 18.9 Å². The fourth-order valence-corrected chi connectivity index (χ4v) is 1.69. The number of ether oxygens (including phenoxy) is 1. The number of rotatable bonds is 8. The summed E-state index contributed by atoms with van der Waals surface area (Å²) in [7, 11) is 0. The van der Waals surface area contributed by atoms with E-state index in [1.807, 2.05) is 6.92 Å². The summed E-state index contributed by atoms with van der Waals surface area (Å²) in [5, 5.41) is 14.0. The molecule has 0 heterocycles. The maximum absolute atomic E-state index is 12.2. The first kappa shape index (κ1) is 17.2. The molecule has 0 saturated carbocycles. The van der Waals surface area contributed by atoms with E-state index >= 15 is 0 Å². The third-order valence-electron chi connectivity index (χ3n) is 2.86. The quantitative estimate of drug-likeness (QED) is 0.689. The predicted molar refractivity (Wildman–Crippen MR) is 74.2 cm³/mol. The molecule has 1 atom stereocenters. The van der Waals surface area contributed by atoms with E-state index in [1.165, 1.54) is 6.07 Å². The van der Waals surface area contributed by atoms with Crippen molar-refractivity contribution >= 4 is 6.03 Å². The minimum absolute atomic E-state index is 0.0430. The van der Waals surface area contributed by atoms with Gasteiger partial charge in [-0.25, -0.2) is 4.79 Å². The lowest BCUT2D eigenvalue weighted by atomic mass is 10.1. The molecule has 3 N–H and O–H groups in total. The summed E-state index contributed by atoms with van der Waals surface area (Å²) >= 11 is 0. The maximum atomic E-state index is 12.2. The number of alkyl halides is 2. The Kier molecular flexibility index (Phi) is 7.45. The van der Waals surface area contributed by atoms with Gasteiger partial charge in [-0.2, -0.15) is 8.78 Å². The van der Waals surface area contributed by atoms with Gasteiger partial charge in [-0.3, -0.25) is 0 Å². The number of hydrogen-bond donors (Lipinski definition) is 3. The van der Waals surface area contributed by atoms with E-state index in [-0.39, 0.29) is 24.8 Å². The van der Waals surface area contributed by atoms with Gasteiger partial charge in [0.25, 0.3) is 0 Å². The third-order valence-corrected chi connectivity index (χ3v) is 2.86. The minimum Gasteiger partial charge on any atom is -0.434 e. The first-order valence-electron chi connectivity index (χ1n) is 6.68. The van der Waals surface area contributed by atoms with Crippen molar-refractivity contribution in [2.24, 2.45) is 5.92 Å². The van der Waals surface area contributed by atoms with Crippen molar-refractivity contribution in [3.63, 3.8) is 0 Å². The summed E-state index contributed by atoms with van der Waals surface area (Å²) in [5.74, 6) is 0.205. The van der Waals surface area contributed by atoms with Crippen LogP contribution >= 0.6 is 0 Å². The molecule has 5 nitrogen and oxygen atoms in total. The van der Waals surface area contributed by atoms with Crippen LogP contribution in [-0.2, 0) is 6.54 Å². The fraction of sp³-hybridized carbons (Fsp3) is 0.500. The summed E-state index contributed by atoms with van der Waals surface area (Å²) in [6.45, 7) is -0.408. The number of hydrogen-bond acceptors (Lipinski definition) is 3. The van der Waals surface area contributed by atoms with Crippen molar-refractivity contribution in [1.29, 1.82) is 0 Å². The van der Waals surface area contributed by atoms with Gasteiger partial charge in [0.15, 0.2) is 0 Å². The Morgan fingerprint density at radius 2 is 2.05 bits per heavy atom. The maximum Gasteiger partial charge on any atom is 0.387 e. The normalized spacial score (nSPS) is 12.0. The number of aliphatic hydroxyl groups excluding tert-OH is 1. The van der Waals surface area contributed by atoms with Crippen LogP contribution in [-0.4, -0.2) is 30.9 Å². The summed E-state index contributed by atoms with van der Waals surface area (Å²) in [5.41, 5.74) is 0.469. The summed E-state index contributed by atoms with van der Waals surface area (Å²) < 4.78 is 28.9. The van der Waals surface area contributed by atoms with Crippen LogP contribution in [0.4, 0.5) is 13.6 Å². The van der Waals surface area contributed by atoms with Crippen LogP contribution in [0.15, 0.2) is 24.3 Å². The summed E-state index contributed by atoms with van der Waals surface area (Å²) in [4.78, 5) is 11.6. The van der Waals surface area contributed by atoms with Gasteiger partial charge in [0.05, 0.1) is 0 Å². The Morgan fingerprint density at radius 1 is 1.33 bits per heavy atom. The number of carbonyl (C=O) groups is 1. The summed E-state index contributed by atoms with van der Waals surface area (Å²) in [6, 6.07) is 5.89. The average molecular weight is 302 g/mol. The first-order chi connectivity index (χ1) is 10.0. The van der Waals surface area contributed by atoms with Gasteiger partial charge in [0.1, 0.15) is 5.75 Å². The van der Waals surface area contributed by atoms with Crippen molar-refractivity contribution in [3.8, 4) is 5.75 Å². The van der Waals surface area contributed by atoms with Crippen molar-refractivity contribution in [2.45, 2.75) is 26.5 Å². The molecule has 0 bridgehead atoms. The number of urea groups is 1. The number of carbonyl (C=O) groups excluding carboxylic acids is 1. The molecule has 0 saturated heterocycles. The van der Waals surface area contributed by atoms with Gasteiger partial charge < -0.3 is 20.5 Å². The molecule has 1 aromatic rings. The van der Waals surface area contributed by atoms with Crippen LogP contribution in [0.25, 0.3) is 0 Å². The van der Waals surface area contributed by atoms with E-state index in [4.69, 9.17) is 5.11 Å². The van der Waals surface area contributed by atoms with Crippen LogP contribution in [0.3, 0.4) is 0 Å². The molecule has 0 aliphatic heterocycles. The van der Waals surface area contributed by atoms with Crippen molar-refractivity contribution in [1.82, 2.24) is 10.6 Å². The molecule has 1 aromatic carbocycles. The zero-order chi connectivity index (χ0) is 15.7. The molecular weight excluding hydrogens is 282 g/mol. The molecule has 0 aromatic heterocycles. The molecule has 0 spiro atoms. The Labute approximate surface area is 122 Å². The van der Waals surface area contributed by atoms with Crippen LogP contribution < -0.4 is 15.4 Å². The number of halogens is 2. The minimum atomic E-state index is -2.90. The van der Waals surface area contributed by atoms with E-state index in [2.05, 4.69) is 15.4 Å². The van der Waals surface area contributed by atoms with Crippen LogP contribution in [0.2, 0.25) is 0 Å². The lowest BCUT2D eigenvalue weighted by Crippen LogP contribution is -2.37. The zero-order valence-corrected chi connectivity index (χ0v) is 11.8. The Bertz CT molecular complexity index is 444. The van der Waals surface area contributed by atoms with Gasteiger partial charge in [-0.05, 0) is 18.4 Å². The van der Waals surface area contributed by atoms with Crippen molar-refractivity contribution in [3.05, 3.63) is 29.8 Å². The van der Waals surface area contributed by atoms with Gasteiger partial charge in [0.2, 0.25) is 0 Å². The second-order valence-corrected chi connectivity index (χ2v) is 4.67. The standard InChI is InChI=1S/C14H20F2N2O3/c1-10(6-7-19)8-17-14(20)18-9-11-4-2-3-5-12(11)21-13(15)16/h2-5,10,13,19H,6-9H2,1H3,(H2,17,18,20). The lowest BCUT2D eigenvalue weighted by molar-refractivity contribution is -0.0504. The molecule has 2 amide bonds. The number of para-hydroxylation sites is 1. The zero-order valence-electron chi connectivity index (χ0n) is 11.8. The van der Waals surface area contributed by atoms with Crippen LogP contribution in [0.5, 0.6) is 5.75 Å². The molecule has 0 fully saturated rings. The first-order valence-corrected chi connectivity index (χ1v) is 6.68. The highest BCUT2D eigenvalue weighted by Crippen LogP contribution is 2.19. The lowest BCUT2D eigenvalue weighted by Gasteiger charge is -2.13. The highest BCUT2D eigenvalue weighted by atomic mass is 19.3. The predicted octanol–water partition coefficient (Wildman–Crippen LogP) is 2.11. The smallest absolute Gasteiger partial charge is 0.387 e. The average Bonchev–Trinajstić information content (AvgIpc) is 2.44. The van der Waals surface area contributed by atoms with Gasteiger partial charge in [0, 0.05) is 25.3 Å². The Hall–Kier alpha value is -1.89. The van der Waals surface area contributed by atoms with Gasteiger partial charge >= 0.3 is 12.6 Å². The molecule has 1 unspecified atom stereocenters. The molecule has 1 rings (SSSR count). The van der Waals surface area contributed by atoms with Crippen molar-refractivity contribution in [2.75, 3.05) is 13.2 Å². The highest BCUT2D eigenvalue weighted by Gasteiger charge is 2.10.